The third-order valence-corrected chi connectivity index (χ3v) is 4.67. The van der Waals surface area contributed by atoms with E-state index in [2.05, 4.69) is 0 Å². The summed E-state index contributed by atoms with van der Waals surface area (Å²) in [7, 11) is 0. The minimum absolute atomic E-state index is 0.0288. The quantitative estimate of drug-likeness (QED) is 0.779. The van der Waals surface area contributed by atoms with Gasteiger partial charge in [0.25, 0.3) is 5.91 Å². The summed E-state index contributed by atoms with van der Waals surface area (Å²) in [6.45, 7) is 6.60. The molecule has 1 aromatic heterocycles. The highest BCUT2D eigenvalue weighted by Gasteiger charge is 2.32. The second-order valence-electron chi connectivity index (χ2n) is 5.31. The molecular formula is C18H18N2O2S. The van der Waals surface area contributed by atoms with Gasteiger partial charge in [0.2, 0.25) is 0 Å². The fourth-order valence-electron chi connectivity index (χ4n) is 2.45. The van der Waals surface area contributed by atoms with E-state index in [1.807, 2.05) is 45.0 Å². The first kappa shape index (κ1) is 15.6. The average Bonchev–Trinajstić information content (AvgIpc) is 3.12. The molecule has 0 radical (unpaired) electrons. The normalized spacial score (nSPS) is 18.4. The van der Waals surface area contributed by atoms with Crippen LogP contribution in [0.25, 0.3) is 6.08 Å². The number of amidine groups is 1. The van der Waals surface area contributed by atoms with E-state index in [4.69, 9.17) is 9.41 Å². The molecule has 0 aliphatic carbocycles. The van der Waals surface area contributed by atoms with Crippen LogP contribution in [0.4, 0.5) is 5.69 Å². The molecule has 1 aliphatic rings. The topological polar surface area (TPSA) is 45.8 Å². The molecule has 5 heteroatoms. The summed E-state index contributed by atoms with van der Waals surface area (Å²) in [5.41, 5.74) is 3.13. The zero-order chi connectivity index (χ0) is 16.4. The van der Waals surface area contributed by atoms with E-state index in [0.29, 0.717) is 22.4 Å². The van der Waals surface area contributed by atoms with Crippen molar-refractivity contribution in [3.8, 4) is 0 Å². The number of aliphatic imine (C=N–C) groups is 1. The maximum atomic E-state index is 12.5. The lowest BCUT2D eigenvalue weighted by molar-refractivity contribution is -0.122. The van der Waals surface area contributed by atoms with E-state index >= 15 is 0 Å². The van der Waals surface area contributed by atoms with Gasteiger partial charge in [-0.15, -0.1) is 0 Å². The van der Waals surface area contributed by atoms with E-state index in [1.54, 1.807) is 23.3 Å². The number of furan rings is 1. The molecule has 2 aromatic rings. The van der Waals surface area contributed by atoms with Crippen LogP contribution in [0.15, 0.2) is 50.9 Å². The molecule has 4 nitrogen and oxygen atoms in total. The van der Waals surface area contributed by atoms with Crippen molar-refractivity contribution >= 4 is 34.6 Å². The van der Waals surface area contributed by atoms with Crippen molar-refractivity contribution < 1.29 is 9.21 Å². The highest BCUT2D eigenvalue weighted by molar-refractivity contribution is 8.18. The molecule has 1 aliphatic heterocycles. The maximum absolute atomic E-state index is 12.5. The summed E-state index contributed by atoms with van der Waals surface area (Å²) in [6.07, 6.45) is 3.36. The van der Waals surface area contributed by atoms with Crippen LogP contribution < -0.4 is 0 Å². The van der Waals surface area contributed by atoms with Gasteiger partial charge in [-0.05, 0) is 55.8 Å². The van der Waals surface area contributed by atoms with Gasteiger partial charge in [-0.2, -0.15) is 0 Å². The Bertz CT molecular complexity index is 771. The van der Waals surface area contributed by atoms with Gasteiger partial charge in [0.15, 0.2) is 5.17 Å². The van der Waals surface area contributed by atoms with E-state index in [1.165, 1.54) is 11.8 Å². The summed E-state index contributed by atoms with van der Waals surface area (Å²) in [6, 6.07) is 9.71. The number of hydrogen-bond acceptors (Lipinski definition) is 4. The Morgan fingerprint density at radius 1 is 1.22 bits per heavy atom. The van der Waals surface area contributed by atoms with Crippen LogP contribution >= 0.6 is 11.8 Å². The Morgan fingerprint density at radius 2 is 1.96 bits per heavy atom. The molecule has 0 spiro atoms. The molecule has 118 valence electrons. The first-order chi connectivity index (χ1) is 11.1. The lowest BCUT2D eigenvalue weighted by Crippen LogP contribution is -2.28. The van der Waals surface area contributed by atoms with Gasteiger partial charge in [0.1, 0.15) is 5.76 Å². The molecule has 23 heavy (non-hydrogen) atoms. The lowest BCUT2D eigenvalue weighted by atomic mass is 10.1. The van der Waals surface area contributed by atoms with E-state index in [0.717, 1.165) is 16.8 Å². The van der Waals surface area contributed by atoms with E-state index < -0.39 is 0 Å². The summed E-state index contributed by atoms with van der Waals surface area (Å²) < 4.78 is 5.30. The number of nitrogens with zero attached hydrogens (tertiary/aromatic N) is 2. The van der Waals surface area contributed by atoms with Gasteiger partial charge in [0.05, 0.1) is 16.9 Å². The third kappa shape index (κ3) is 3.10. The molecule has 1 saturated heterocycles. The molecule has 2 heterocycles. The van der Waals surface area contributed by atoms with E-state index in [9.17, 15) is 4.79 Å². The SMILES string of the molecule is CCN1C(=O)/C(=C\c2ccco2)SC1=Nc1c(C)cccc1C. The Morgan fingerprint density at radius 3 is 2.57 bits per heavy atom. The predicted molar refractivity (Wildman–Crippen MR) is 94.7 cm³/mol. The van der Waals surface area contributed by atoms with E-state index in [-0.39, 0.29) is 5.91 Å². The van der Waals surface area contributed by atoms with Crippen molar-refractivity contribution in [1.82, 2.24) is 4.90 Å². The molecule has 1 amide bonds. The predicted octanol–water partition coefficient (Wildman–Crippen LogP) is 4.52. The highest BCUT2D eigenvalue weighted by Crippen LogP contribution is 2.35. The zero-order valence-corrected chi connectivity index (χ0v) is 14.2. The fraction of sp³-hybridized carbons (Fsp3) is 0.222. The van der Waals surface area contributed by atoms with Crippen molar-refractivity contribution in [2.45, 2.75) is 20.8 Å². The van der Waals surface area contributed by atoms with Crippen LogP contribution in [0.5, 0.6) is 0 Å². The maximum Gasteiger partial charge on any atom is 0.266 e. The number of carbonyl (C=O) groups is 1. The van der Waals surface area contributed by atoms with Crippen molar-refractivity contribution in [3.63, 3.8) is 0 Å². The van der Waals surface area contributed by atoms with Crippen LogP contribution in [0.2, 0.25) is 0 Å². The molecule has 3 rings (SSSR count). The van der Waals surface area contributed by atoms with Crippen LogP contribution in [0.1, 0.15) is 23.8 Å². The van der Waals surface area contributed by atoms with Gasteiger partial charge < -0.3 is 4.42 Å². The van der Waals surface area contributed by atoms with Gasteiger partial charge >= 0.3 is 0 Å². The second-order valence-corrected chi connectivity index (χ2v) is 6.32. The number of thioether (sulfide) groups is 1. The molecule has 0 N–H and O–H groups in total. The van der Waals surface area contributed by atoms with Crippen LogP contribution in [0, 0.1) is 13.8 Å². The van der Waals surface area contributed by atoms with Crippen LogP contribution in [-0.4, -0.2) is 22.5 Å². The average molecular weight is 326 g/mol. The number of carbonyl (C=O) groups excluding carboxylic acids is 1. The van der Waals surface area contributed by atoms with Gasteiger partial charge in [-0.1, -0.05) is 18.2 Å². The minimum Gasteiger partial charge on any atom is -0.465 e. The van der Waals surface area contributed by atoms with Gasteiger partial charge in [-0.3, -0.25) is 9.69 Å². The number of rotatable bonds is 3. The number of benzene rings is 1. The Kier molecular flexibility index (Phi) is 4.39. The minimum atomic E-state index is -0.0288. The molecule has 1 fully saturated rings. The number of likely N-dealkylation sites (N-methyl/N-ethyl adjacent to an activating group) is 1. The summed E-state index contributed by atoms with van der Waals surface area (Å²) in [4.78, 5) is 19.6. The fourth-order valence-corrected chi connectivity index (χ4v) is 3.48. The smallest absolute Gasteiger partial charge is 0.266 e. The first-order valence-electron chi connectivity index (χ1n) is 7.50. The summed E-state index contributed by atoms with van der Waals surface area (Å²) in [5, 5.41) is 0.715. The Balaban J connectivity index is 1.99. The number of amides is 1. The third-order valence-electron chi connectivity index (χ3n) is 3.67. The van der Waals surface area contributed by atoms with Gasteiger partial charge in [0, 0.05) is 12.6 Å². The Hall–Kier alpha value is -2.27. The summed E-state index contributed by atoms with van der Waals surface area (Å²) in [5.74, 6) is 0.643. The monoisotopic (exact) mass is 326 g/mol. The number of hydrogen-bond donors (Lipinski definition) is 0. The van der Waals surface area contributed by atoms with Crippen molar-refractivity contribution in [1.29, 1.82) is 0 Å². The molecule has 0 atom stereocenters. The Labute approximate surface area is 139 Å². The largest absolute Gasteiger partial charge is 0.465 e. The zero-order valence-electron chi connectivity index (χ0n) is 13.4. The van der Waals surface area contributed by atoms with Gasteiger partial charge in [-0.25, -0.2) is 4.99 Å². The summed E-state index contributed by atoms with van der Waals surface area (Å²) >= 11 is 1.39. The van der Waals surface area contributed by atoms with Crippen molar-refractivity contribution in [2.75, 3.05) is 6.54 Å². The van der Waals surface area contributed by atoms with Crippen LogP contribution in [-0.2, 0) is 4.79 Å². The van der Waals surface area contributed by atoms with Crippen LogP contribution in [0.3, 0.4) is 0 Å². The molecule has 0 saturated carbocycles. The molecule has 0 unspecified atom stereocenters. The second kappa shape index (κ2) is 6.46. The number of aryl methyl sites for hydroxylation is 2. The van der Waals surface area contributed by atoms with Crippen molar-refractivity contribution in [2.24, 2.45) is 4.99 Å². The molecule has 0 bridgehead atoms. The standard InChI is InChI=1S/C18H18N2O2S/c1-4-20-17(21)15(11-14-9-6-10-22-14)23-18(20)19-16-12(2)7-5-8-13(16)3/h5-11H,4H2,1-3H3/b15-11+,19-18?. The van der Waals surface area contributed by atoms with Crippen molar-refractivity contribution in [3.05, 3.63) is 58.4 Å². The number of para-hydroxylation sites is 1. The lowest BCUT2D eigenvalue weighted by Gasteiger charge is -2.13. The first-order valence-corrected chi connectivity index (χ1v) is 8.31. The molecule has 1 aromatic carbocycles. The molecular weight excluding hydrogens is 308 g/mol. The highest BCUT2D eigenvalue weighted by atomic mass is 32.2.